The molecule has 0 heterocycles. The fourth-order valence-corrected chi connectivity index (χ4v) is 2.33. The maximum absolute atomic E-state index is 12.0. The van der Waals surface area contributed by atoms with Crippen molar-refractivity contribution in [3.63, 3.8) is 0 Å². The Morgan fingerprint density at radius 1 is 1.17 bits per heavy atom. The van der Waals surface area contributed by atoms with Crippen LogP contribution in [0.1, 0.15) is 49.0 Å². The highest BCUT2D eigenvalue weighted by Gasteiger charge is 2.36. The highest BCUT2D eigenvalue weighted by atomic mass is 16.6. The molecule has 0 saturated carbocycles. The van der Waals surface area contributed by atoms with E-state index in [2.05, 4.69) is 0 Å². The molecular formula is C14H16N2O7. The molecular weight excluding hydrogens is 308 g/mol. The van der Waals surface area contributed by atoms with Crippen LogP contribution in [-0.4, -0.2) is 28.2 Å². The van der Waals surface area contributed by atoms with Gasteiger partial charge in [0.2, 0.25) is 0 Å². The summed E-state index contributed by atoms with van der Waals surface area (Å²) >= 11 is 0. The lowest BCUT2D eigenvalue weighted by Crippen LogP contribution is -2.18. The van der Waals surface area contributed by atoms with E-state index in [9.17, 15) is 29.8 Å². The second-order valence-corrected chi connectivity index (χ2v) is 4.68. The molecule has 0 amide bonds. The lowest BCUT2D eigenvalue weighted by molar-refractivity contribution is -0.395. The number of Topliss-reactive ketones (excluding diaryl/α,β-unsaturated/α-hetero) is 1. The summed E-state index contributed by atoms with van der Waals surface area (Å²) in [6.07, 6.45) is 0.189. The number of carbonyl (C=O) groups is 2. The second kappa shape index (κ2) is 7.43. The van der Waals surface area contributed by atoms with Crippen molar-refractivity contribution < 1.29 is 24.2 Å². The van der Waals surface area contributed by atoms with E-state index >= 15 is 0 Å². The van der Waals surface area contributed by atoms with Crippen molar-refractivity contribution in [3.8, 4) is 0 Å². The number of rotatable bonds is 7. The number of hydrogen-bond donors (Lipinski definition) is 0. The van der Waals surface area contributed by atoms with Gasteiger partial charge in [-0.1, -0.05) is 6.92 Å². The molecule has 0 fully saturated rings. The lowest BCUT2D eigenvalue weighted by atomic mass is 9.91. The first-order valence-corrected chi connectivity index (χ1v) is 6.89. The van der Waals surface area contributed by atoms with Crippen LogP contribution in [0.5, 0.6) is 0 Å². The fourth-order valence-electron chi connectivity index (χ4n) is 2.33. The summed E-state index contributed by atoms with van der Waals surface area (Å²) in [6.45, 7) is 4.32. The zero-order chi connectivity index (χ0) is 17.7. The summed E-state index contributed by atoms with van der Waals surface area (Å²) in [4.78, 5) is 44.4. The molecule has 1 aromatic carbocycles. The Morgan fingerprint density at radius 3 is 2.17 bits per heavy atom. The van der Waals surface area contributed by atoms with E-state index in [0.717, 1.165) is 19.1 Å². The van der Waals surface area contributed by atoms with Crippen LogP contribution in [0, 0.1) is 20.2 Å². The summed E-state index contributed by atoms with van der Waals surface area (Å²) in [7, 11) is 0. The van der Waals surface area contributed by atoms with Crippen LogP contribution in [0.4, 0.5) is 11.4 Å². The van der Waals surface area contributed by atoms with Gasteiger partial charge in [0.1, 0.15) is 0 Å². The van der Waals surface area contributed by atoms with Gasteiger partial charge in [0.15, 0.2) is 11.3 Å². The first-order chi connectivity index (χ1) is 10.8. The Bertz CT molecular complexity index is 669. The molecule has 0 aliphatic carbocycles. The second-order valence-electron chi connectivity index (χ2n) is 4.68. The van der Waals surface area contributed by atoms with Crippen molar-refractivity contribution in [2.75, 3.05) is 6.61 Å². The predicted molar refractivity (Wildman–Crippen MR) is 79.4 cm³/mol. The molecule has 1 aromatic rings. The number of esters is 1. The number of nitro groups is 2. The minimum absolute atomic E-state index is 0.0632. The standard InChI is InChI=1S/C14H16N2O7/c1-4-9(14(18)23-5-2)10-6-7-11(15(19)20)12(8(3)17)13(10)16(21)22/h6-7,9H,4-5H2,1-3H3. The Hall–Kier alpha value is -2.84. The number of carbonyl (C=O) groups excluding carboxylic acids is 2. The minimum atomic E-state index is -0.978. The number of hydrogen-bond acceptors (Lipinski definition) is 7. The third-order valence-corrected chi connectivity index (χ3v) is 3.27. The van der Waals surface area contributed by atoms with E-state index in [1.54, 1.807) is 13.8 Å². The lowest BCUT2D eigenvalue weighted by Gasteiger charge is -2.15. The SMILES string of the molecule is CCOC(=O)C(CC)c1ccc([N+](=O)[O-])c(C(C)=O)c1[N+](=O)[O-]. The molecule has 0 aromatic heterocycles. The molecule has 0 spiro atoms. The molecule has 1 rings (SSSR count). The van der Waals surface area contributed by atoms with Crippen molar-refractivity contribution in [2.24, 2.45) is 0 Å². The average molecular weight is 324 g/mol. The number of nitro benzene ring substituents is 2. The molecule has 124 valence electrons. The van der Waals surface area contributed by atoms with Crippen molar-refractivity contribution >= 4 is 23.1 Å². The monoisotopic (exact) mass is 324 g/mol. The topological polar surface area (TPSA) is 130 Å². The quantitative estimate of drug-likeness (QED) is 0.326. The zero-order valence-corrected chi connectivity index (χ0v) is 12.9. The predicted octanol–water partition coefficient (Wildman–Crippen LogP) is 2.76. The highest BCUT2D eigenvalue weighted by molar-refractivity contribution is 6.03. The number of nitrogens with zero attached hydrogens (tertiary/aromatic N) is 2. The van der Waals surface area contributed by atoms with Gasteiger partial charge in [-0.15, -0.1) is 0 Å². The van der Waals surface area contributed by atoms with Crippen LogP contribution >= 0.6 is 0 Å². The Kier molecular flexibility index (Phi) is 5.88. The summed E-state index contributed by atoms with van der Waals surface area (Å²) in [5.74, 6) is -2.47. The summed E-state index contributed by atoms with van der Waals surface area (Å²) < 4.78 is 4.88. The third-order valence-electron chi connectivity index (χ3n) is 3.27. The molecule has 9 nitrogen and oxygen atoms in total. The fraction of sp³-hybridized carbons (Fsp3) is 0.429. The van der Waals surface area contributed by atoms with E-state index in [1.165, 1.54) is 0 Å². The van der Waals surface area contributed by atoms with Crippen LogP contribution in [0.15, 0.2) is 12.1 Å². The normalized spacial score (nSPS) is 11.6. The van der Waals surface area contributed by atoms with Gasteiger partial charge in [-0.2, -0.15) is 0 Å². The molecule has 23 heavy (non-hydrogen) atoms. The number of benzene rings is 1. The van der Waals surface area contributed by atoms with Gasteiger partial charge in [0.25, 0.3) is 11.4 Å². The number of ether oxygens (including phenoxy) is 1. The zero-order valence-electron chi connectivity index (χ0n) is 12.9. The van der Waals surface area contributed by atoms with Gasteiger partial charge in [-0.3, -0.25) is 29.8 Å². The largest absolute Gasteiger partial charge is 0.466 e. The summed E-state index contributed by atoms with van der Waals surface area (Å²) in [5.41, 5.74) is -2.05. The van der Waals surface area contributed by atoms with Crippen molar-refractivity contribution in [1.29, 1.82) is 0 Å². The Balaban J connectivity index is 3.70. The maximum atomic E-state index is 12.0. The van der Waals surface area contributed by atoms with E-state index < -0.39 is 44.5 Å². The third kappa shape index (κ3) is 3.68. The Labute approximate surface area is 131 Å². The Morgan fingerprint density at radius 2 is 1.78 bits per heavy atom. The van der Waals surface area contributed by atoms with Crippen molar-refractivity contribution in [3.05, 3.63) is 43.5 Å². The molecule has 0 N–H and O–H groups in total. The maximum Gasteiger partial charge on any atom is 0.313 e. The van der Waals surface area contributed by atoms with Gasteiger partial charge in [-0.05, 0) is 26.3 Å². The van der Waals surface area contributed by atoms with E-state index in [4.69, 9.17) is 4.74 Å². The van der Waals surface area contributed by atoms with Crippen LogP contribution in [-0.2, 0) is 9.53 Å². The van der Waals surface area contributed by atoms with Gasteiger partial charge < -0.3 is 4.74 Å². The molecule has 1 unspecified atom stereocenters. The first kappa shape index (κ1) is 18.2. The van der Waals surface area contributed by atoms with Crippen LogP contribution in [0.25, 0.3) is 0 Å². The minimum Gasteiger partial charge on any atom is -0.466 e. The molecule has 1 atom stereocenters. The van der Waals surface area contributed by atoms with Gasteiger partial charge in [0.05, 0.1) is 22.4 Å². The van der Waals surface area contributed by atoms with E-state index in [1.807, 2.05) is 0 Å². The van der Waals surface area contributed by atoms with Crippen LogP contribution < -0.4 is 0 Å². The highest BCUT2D eigenvalue weighted by Crippen LogP contribution is 2.37. The van der Waals surface area contributed by atoms with Crippen molar-refractivity contribution in [2.45, 2.75) is 33.1 Å². The first-order valence-electron chi connectivity index (χ1n) is 6.89. The summed E-state index contributed by atoms with van der Waals surface area (Å²) in [5, 5.41) is 22.4. The van der Waals surface area contributed by atoms with Crippen LogP contribution in [0.2, 0.25) is 0 Å². The molecule has 0 aliphatic heterocycles. The average Bonchev–Trinajstić information content (AvgIpc) is 2.46. The van der Waals surface area contributed by atoms with E-state index in [0.29, 0.717) is 0 Å². The van der Waals surface area contributed by atoms with Crippen LogP contribution in [0.3, 0.4) is 0 Å². The van der Waals surface area contributed by atoms with E-state index in [-0.39, 0.29) is 18.6 Å². The molecule has 0 saturated heterocycles. The molecule has 0 radical (unpaired) electrons. The number of ketones is 1. The molecule has 0 aliphatic rings. The smallest absolute Gasteiger partial charge is 0.313 e. The van der Waals surface area contributed by atoms with Gasteiger partial charge >= 0.3 is 5.97 Å². The van der Waals surface area contributed by atoms with Gasteiger partial charge in [0, 0.05) is 11.6 Å². The van der Waals surface area contributed by atoms with Crippen molar-refractivity contribution in [1.82, 2.24) is 0 Å². The summed E-state index contributed by atoms with van der Waals surface area (Å²) in [6, 6.07) is 2.13. The molecule has 9 heteroatoms. The molecule has 0 bridgehead atoms. The van der Waals surface area contributed by atoms with Gasteiger partial charge in [-0.25, -0.2) is 0 Å².